The normalized spacial score (nSPS) is 9.50. The summed E-state index contributed by atoms with van der Waals surface area (Å²) in [5, 5.41) is 2.73. The van der Waals surface area contributed by atoms with Crippen LogP contribution in [0.4, 0.5) is 5.69 Å². The fourth-order valence-electron chi connectivity index (χ4n) is 1.07. The molecule has 1 amide bonds. The first-order valence-corrected chi connectivity index (χ1v) is 4.54. The molecule has 0 spiro atoms. The third kappa shape index (κ3) is 3.01. The molecule has 0 aliphatic rings. The molecule has 1 radical (unpaired) electrons. The third-order valence-corrected chi connectivity index (χ3v) is 1.76. The van der Waals surface area contributed by atoms with Gasteiger partial charge in [-0.3, -0.25) is 9.59 Å². The molecule has 0 aliphatic carbocycles. The minimum atomic E-state index is -0.00432. The SMILES string of the molecule is CCCC(=O)Nc1ccc([C]=O)cc1. The van der Waals surface area contributed by atoms with Gasteiger partial charge in [-0.1, -0.05) is 6.92 Å². The van der Waals surface area contributed by atoms with Crippen molar-refractivity contribution in [2.24, 2.45) is 0 Å². The lowest BCUT2D eigenvalue weighted by atomic mass is 10.2. The molecule has 0 bridgehead atoms. The molecule has 0 atom stereocenters. The van der Waals surface area contributed by atoms with E-state index in [1.165, 1.54) is 0 Å². The van der Waals surface area contributed by atoms with E-state index in [2.05, 4.69) is 5.32 Å². The molecule has 1 aromatic rings. The largest absolute Gasteiger partial charge is 0.326 e. The summed E-state index contributed by atoms with van der Waals surface area (Å²) >= 11 is 0. The van der Waals surface area contributed by atoms with Crippen molar-refractivity contribution >= 4 is 17.9 Å². The van der Waals surface area contributed by atoms with Gasteiger partial charge in [-0.25, -0.2) is 0 Å². The average molecular weight is 190 g/mol. The van der Waals surface area contributed by atoms with E-state index in [0.29, 0.717) is 17.7 Å². The highest BCUT2D eigenvalue weighted by Crippen LogP contribution is 2.08. The van der Waals surface area contributed by atoms with Crippen molar-refractivity contribution in [2.75, 3.05) is 5.32 Å². The second kappa shape index (κ2) is 5.17. The van der Waals surface area contributed by atoms with Crippen molar-refractivity contribution in [1.82, 2.24) is 0 Å². The number of carbonyl (C=O) groups excluding carboxylic acids is 2. The summed E-state index contributed by atoms with van der Waals surface area (Å²) in [4.78, 5) is 21.4. The number of hydrogen-bond acceptors (Lipinski definition) is 2. The molecule has 0 saturated carbocycles. The van der Waals surface area contributed by atoms with Crippen molar-refractivity contribution < 1.29 is 9.59 Å². The van der Waals surface area contributed by atoms with Crippen LogP contribution in [0, 0.1) is 0 Å². The lowest BCUT2D eigenvalue weighted by molar-refractivity contribution is -0.116. The van der Waals surface area contributed by atoms with E-state index in [1.54, 1.807) is 30.6 Å². The number of amides is 1. The van der Waals surface area contributed by atoms with Gasteiger partial charge in [-0.05, 0) is 30.7 Å². The van der Waals surface area contributed by atoms with Crippen molar-refractivity contribution in [2.45, 2.75) is 19.8 Å². The first-order chi connectivity index (χ1) is 6.76. The Kier molecular flexibility index (Phi) is 3.85. The Morgan fingerprint density at radius 3 is 2.50 bits per heavy atom. The Bertz CT molecular complexity index is 317. The molecule has 1 N–H and O–H groups in total. The zero-order valence-electron chi connectivity index (χ0n) is 8.04. The minimum Gasteiger partial charge on any atom is -0.326 e. The molecule has 0 unspecified atom stereocenters. The van der Waals surface area contributed by atoms with E-state index in [-0.39, 0.29) is 5.91 Å². The number of hydrogen-bond donors (Lipinski definition) is 1. The van der Waals surface area contributed by atoms with Gasteiger partial charge in [0.15, 0.2) is 0 Å². The number of nitrogens with one attached hydrogen (secondary N) is 1. The number of carbonyl (C=O) groups is 1. The molecule has 14 heavy (non-hydrogen) atoms. The monoisotopic (exact) mass is 190 g/mol. The summed E-state index contributed by atoms with van der Waals surface area (Å²) in [6.07, 6.45) is 3.11. The smallest absolute Gasteiger partial charge is 0.233 e. The summed E-state index contributed by atoms with van der Waals surface area (Å²) in [5.74, 6) is -0.00432. The number of benzene rings is 1. The van der Waals surface area contributed by atoms with Crippen LogP contribution >= 0.6 is 0 Å². The van der Waals surface area contributed by atoms with Gasteiger partial charge < -0.3 is 5.32 Å². The molecule has 3 nitrogen and oxygen atoms in total. The van der Waals surface area contributed by atoms with Crippen LogP contribution in [0.1, 0.15) is 25.3 Å². The van der Waals surface area contributed by atoms with Crippen LogP contribution in [0.3, 0.4) is 0 Å². The van der Waals surface area contributed by atoms with Gasteiger partial charge in [0.1, 0.15) is 0 Å². The van der Waals surface area contributed by atoms with E-state index in [1.807, 2.05) is 6.92 Å². The van der Waals surface area contributed by atoms with Crippen LogP contribution < -0.4 is 5.32 Å². The molecule has 3 heteroatoms. The predicted octanol–water partition coefficient (Wildman–Crippen LogP) is 1.88. The summed E-state index contributed by atoms with van der Waals surface area (Å²) in [6, 6.07) is 6.62. The minimum absolute atomic E-state index is 0.00432. The zero-order valence-corrected chi connectivity index (χ0v) is 8.04. The highest BCUT2D eigenvalue weighted by Gasteiger charge is 1.99. The van der Waals surface area contributed by atoms with E-state index < -0.39 is 0 Å². The second-order valence-corrected chi connectivity index (χ2v) is 2.98. The van der Waals surface area contributed by atoms with Crippen LogP contribution in [-0.2, 0) is 9.59 Å². The Morgan fingerprint density at radius 1 is 1.36 bits per heavy atom. The predicted molar refractivity (Wildman–Crippen MR) is 54.8 cm³/mol. The van der Waals surface area contributed by atoms with Gasteiger partial charge in [0.25, 0.3) is 0 Å². The Hall–Kier alpha value is -1.64. The van der Waals surface area contributed by atoms with Crippen LogP contribution in [0.5, 0.6) is 0 Å². The van der Waals surface area contributed by atoms with Gasteiger partial charge >= 0.3 is 0 Å². The zero-order chi connectivity index (χ0) is 10.4. The molecule has 0 heterocycles. The van der Waals surface area contributed by atoms with Gasteiger partial charge in [0.05, 0.1) is 0 Å². The number of rotatable bonds is 4. The molecule has 0 aromatic heterocycles. The quantitative estimate of drug-likeness (QED) is 0.787. The summed E-state index contributed by atoms with van der Waals surface area (Å²) < 4.78 is 0. The Morgan fingerprint density at radius 2 is 2.00 bits per heavy atom. The van der Waals surface area contributed by atoms with Crippen LogP contribution in [0.25, 0.3) is 0 Å². The van der Waals surface area contributed by atoms with Gasteiger partial charge in [-0.2, -0.15) is 0 Å². The average Bonchev–Trinajstić information content (AvgIpc) is 2.19. The van der Waals surface area contributed by atoms with Crippen LogP contribution in [-0.4, -0.2) is 12.2 Å². The molecule has 0 fully saturated rings. The maximum absolute atomic E-state index is 11.2. The lowest BCUT2D eigenvalue weighted by Gasteiger charge is -2.03. The maximum atomic E-state index is 11.2. The fraction of sp³-hybridized carbons (Fsp3) is 0.273. The molecule has 1 rings (SSSR count). The van der Waals surface area contributed by atoms with E-state index in [9.17, 15) is 9.59 Å². The molecule has 73 valence electrons. The molecule has 0 aliphatic heterocycles. The lowest BCUT2D eigenvalue weighted by Crippen LogP contribution is -2.10. The highest BCUT2D eigenvalue weighted by molar-refractivity contribution is 5.91. The fourth-order valence-corrected chi connectivity index (χ4v) is 1.07. The van der Waals surface area contributed by atoms with Crippen LogP contribution in [0.2, 0.25) is 0 Å². The molecular weight excluding hydrogens is 178 g/mol. The molecule has 0 saturated heterocycles. The third-order valence-electron chi connectivity index (χ3n) is 1.76. The van der Waals surface area contributed by atoms with Gasteiger partial charge in [-0.15, -0.1) is 0 Å². The highest BCUT2D eigenvalue weighted by atomic mass is 16.1. The van der Waals surface area contributed by atoms with Gasteiger partial charge in [0.2, 0.25) is 12.2 Å². The van der Waals surface area contributed by atoms with Crippen molar-refractivity contribution in [3.05, 3.63) is 29.8 Å². The summed E-state index contributed by atoms with van der Waals surface area (Å²) in [7, 11) is 0. The Labute approximate surface area is 83.1 Å². The van der Waals surface area contributed by atoms with Crippen LogP contribution in [0.15, 0.2) is 24.3 Å². The first kappa shape index (κ1) is 10.4. The molecular formula is C11H12NO2. The maximum Gasteiger partial charge on any atom is 0.233 e. The van der Waals surface area contributed by atoms with Gasteiger partial charge in [0, 0.05) is 17.7 Å². The first-order valence-electron chi connectivity index (χ1n) is 4.54. The Balaban J connectivity index is 2.59. The number of anilines is 1. The second-order valence-electron chi connectivity index (χ2n) is 2.98. The summed E-state index contributed by atoms with van der Waals surface area (Å²) in [5.41, 5.74) is 1.20. The van der Waals surface area contributed by atoms with Crippen molar-refractivity contribution in [3.8, 4) is 0 Å². The summed E-state index contributed by atoms with van der Waals surface area (Å²) in [6.45, 7) is 1.95. The van der Waals surface area contributed by atoms with E-state index in [0.717, 1.165) is 6.42 Å². The van der Waals surface area contributed by atoms with Crippen molar-refractivity contribution in [1.29, 1.82) is 0 Å². The van der Waals surface area contributed by atoms with E-state index >= 15 is 0 Å². The molecule has 1 aromatic carbocycles. The topological polar surface area (TPSA) is 46.2 Å². The standard InChI is InChI=1S/C11H12NO2/c1-2-3-11(14)12-10-6-4-9(8-13)5-7-10/h4-7H,2-3H2,1H3,(H,12,14). The van der Waals surface area contributed by atoms with E-state index in [4.69, 9.17) is 0 Å². The van der Waals surface area contributed by atoms with Crippen molar-refractivity contribution in [3.63, 3.8) is 0 Å².